The molecule has 1 aromatic rings. The highest BCUT2D eigenvalue weighted by atomic mass is 127. The van der Waals surface area contributed by atoms with E-state index in [2.05, 4.69) is 27.6 Å². The van der Waals surface area contributed by atoms with Gasteiger partial charge in [-0.3, -0.25) is 19.5 Å². The van der Waals surface area contributed by atoms with E-state index in [4.69, 9.17) is 0 Å². The second kappa shape index (κ2) is 4.09. The third-order valence-electron chi connectivity index (χ3n) is 2.09. The van der Waals surface area contributed by atoms with Crippen molar-refractivity contribution in [3.05, 3.63) is 39.7 Å². The van der Waals surface area contributed by atoms with Gasteiger partial charge in [0, 0.05) is 28.1 Å². The molecule has 0 aliphatic carbocycles. The van der Waals surface area contributed by atoms with Gasteiger partial charge in [-0.2, -0.15) is 0 Å². The van der Waals surface area contributed by atoms with Crippen molar-refractivity contribution in [3.63, 3.8) is 0 Å². The highest BCUT2D eigenvalue weighted by Gasteiger charge is 2.23. The van der Waals surface area contributed by atoms with Crippen LogP contribution in [0.1, 0.15) is 5.56 Å². The lowest BCUT2D eigenvalue weighted by molar-refractivity contribution is -0.137. The van der Waals surface area contributed by atoms with Gasteiger partial charge in [0.15, 0.2) is 0 Å². The molecule has 0 spiro atoms. The van der Waals surface area contributed by atoms with E-state index >= 15 is 0 Å². The van der Waals surface area contributed by atoms with Crippen molar-refractivity contribution in [1.29, 1.82) is 0 Å². The summed E-state index contributed by atoms with van der Waals surface area (Å²) < 4.78 is 0.947. The van der Waals surface area contributed by atoms with Crippen LogP contribution in [0.2, 0.25) is 0 Å². The third-order valence-corrected chi connectivity index (χ3v) is 3.06. The van der Waals surface area contributed by atoms with Gasteiger partial charge >= 0.3 is 0 Å². The number of nitrogens with zero attached hydrogens (tertiary/aromatic N) is 2. The molecule has 0 atom stereocenters. The molecule has 0 fully saturated rings. The Hall–Kier alpha value is -1.24. The van der Waals surface area contributed by atoms with Crippen molar-refractivity contribution in [1.82, 2.24) is 9.88 Å². The van der Waals surface area contributed by atoms with Crippen molar-refractivity contribution in [2.45, 2.75) is 6.54 Å². The molecule has 2 rings (SSSR count). The van der Waals surface area contributed by atoms with Crippen LogP contribution in [0.4, 0.5) is 0 Å². The van der Waals surface area contributed by atoms with Crippen molar-refractivity contribution in [2.24, 2.45) is 0 Å². The quantitative estimate of drug-likeness (QED) is 0.607. The summed E-state index contributed by atoms with van der Waals surface area (Å²) >= 11 is 2.13. The Kier molecular flexibility index (Phi) is 2.81. The van der Waals surface area contributed by atoms with Gasteiger partial charge in [0.25, 0.3) is 11.8 Å². The SMILES string of the molecule is O=C1C=CC(=O)N1Cc1ccncc1I. The highest BCUT2D eigenvalue weighted by Crippen LogP contribution is 2.15. The number of carbonyl (C=O) groups excluding carboxylic acids is 2. The smallest absolute Gasteiger partial charge is 0.253 e. The summed E-state index contributed by atoms with van der Waals surface area (Å²) in [5, 5.41) is 0. The summed E-state index contributed by atoms with van der Waals surface area (Å²) in [5.41, 5.74) is 0.927. The molecule has 1 aliphatic heterocycles. The van der Waals surface area contributed by atoms with Crippen LogP contribution in [-0.2, 0) is 16.1 Å². The van der Waals surface area contributed by atoms with E-state index in [1.807, 2.05) is 0 Å². The molecule has 4 nitrogen and oxygen atoms in total. The standard InChI is InChI=1S/C10H7IN2O2/c11-8-5-12-4-3-7(8)6-13-9(14)1-2-10(13)15/h1-5H,6H2. The molecule has 0 saturated heterocycles. The lowest BCUT2D eigenvalue weighted by Crippen LogP contribution is -2.29. The molecule has 5 heteroatoms. The number of pyridine rings is 1. The fourth-order valence-electron chi connectivity index (χ4n) is 1.29. The number of halogens is 1. The molecular weight excluding hydrogens is 307 g/mol. The average molecular weight is 314 g/mol. The Labute approximate surface area is 100 Å². The lowest BCUT2D eigenvalue weighted by Gasteiger charge is -2.14. The molecule has 1 aliphatic rings. The second-order valence-corrected chi connectivity index (χ2v) is 4.23. The van der Waals surface area contributed by atoms with Gasteiger partial charge in [-0.25, -0.2) is 0 Å². The van der Waals surface area contributed by atoms with Crippen LogP contribution in [0, 0.1) is 3.57 Å². The number of hydrogen-bond acceptors (Lipinski definition) is 3. The number of hydrogen-bond donors (Lipinski definition) is 0. The zero-order valence-electron chi connectivity index (χ0n) is 7.68. The summed E-state index contributed by atoms with van der Waals surface area (Å²) in [6.45, 7) is 0.311. The Bertz CT molecular complexity index is 438. The zero-order chi connectivity index (χ0) is 10.8. The summed E-state index contributed by atoms with van der Waals surface area (Å²) in [4.78, 5) is 27.8. The Balaban J connectivity index is 2.20. The maximum atomic E-state index is 11.3. The third kappa shape index (κ3) is 2.06. The van der Waals surface area contributed by atoms with Crippen LogP contribution >= 0.6 is 22.6 Å². The van der Waals surface area contributed by atoms with E-state index in [0.717, 1.165) is 9.13 Å². The van der Waals surface area contributed by atoms with Gasteiger partial charge in [0.05, 0.1) is 6.54 Å². The van der Waals surface area contributed by atoms with E-state index < -0.39 is 0 Å². The number of imide groups is 1. The Morgan fingerprint density at radius 2 is 1.93 bits per heavy atom. The van der Waals surface area contributed by atoms with Crippen LogP contribution in [0.15, 0.2) is 30.6 Å². The van der Waals surface area contributed by atoms with E-state index in [0.29, 0.717) is 6.54 Å². The summed E-state index contributed by atoms with van der Waals surface area (Å²) in [6, 6.07) is 1.81. The predicted octanol–water partition coefficient (Wildman–Crippen LogP) is 1.11. The molecule has 1 aromatic heterocycles. The van der Waals surface area contributed by atoms with E-state index in [1.54, 1.807) is 18.5 Å². The Morgan fingerprint density at radius 1 is 1.27 bits per heavy atom. The first-order valence-corrected chi connectivity index (χ1v) is 5.38. The number of carbonyl (C=O) groups is 2. The van der Waals surface area contributed by atoms with Crippen LogP contribution in [0.5, 0.6) is 0 Å². The lowest BCUT2D eigenvalue weighted by atomic mass is 10.2. The molecule has 2 amide bonds. The van der Waals surface area contributed by atoms with Gasteiger partial charge < -0.3 is 0 Å². The van der Waals surface area contributed by atoms with Gasteiger partial charge in [-0.15, -0.1) is 0 Å². The minimum Gasteiger partial charge on any atom is -0.271 e. The first kappa shape index (κ1) is 10.3. The second-order valence-electron chi connectivity index (χ2n) is 3.06. The normalized spacial score (nSPS) is 15.1. The fourth-order valence-corrected chi connectivity index (χ4v) is 1.80. The summed E-state index contributed by atoms with van der Waals surface area (Å²) in [6.07, 6.45) is 5.93. The summed E-state index contributed by atoms with van der Waals surface area (Å²) in [7, 11) is 0. The predicted molar refractivity (Wildman–Crippen MR) is 61.7 cm³/mol. The van der Waals surface area contributed by atoms with Crippen molar-refractivity contribution in [3.8, 4) is 0 Å². The van der Waals surface area contributed by atoms with E-state index in [-0.39, 0.29) is 11.8 Å². The van der Waals surface area contributed by atoms with Crippen molar-refractivity contribution >= 4 is 34.4 Å². The zero-order valence-corrected chi connectivity index (χ0v) is 9.84. The molecule has 2 heterocycles. The van der Waals surface area contributed by atoms with Crippen molar-refractivity contribution < 1.29 is 9.59 Å². The molecule has 0 unspecified atom stereocenters. The molecule has 0 N–H and O–H groups in total. The average Bonchev–Trinajstić information content (AvgIpc) is 2.53. The van der Waals surface area contributed by atoms with Gasteiger partial charge in [0.2, 0.25) is 0 Å². The van der Waals surface area contributed by atoms with Gasteiger partial charge in [-0.05, 0) is 34.2 Å². The minimum absolute atomic E-state index is 0.257. The number of rotatable bonds is 2. The van der Waals surface area contributed by atoms with Crippen LogP contribution in [-0.4, -0.2) is 21.7 Å². The first-order valence-electron chi connectivity index (χ1n) is 4.30. The number of amides is 2. The molecular formula is C10H7IN2O2. The van der Waals surface area contributed by atoms with E-state index in [9.17, 15) is 9.59 Å². The first-order chi connectivity index (χ1) is 7.18. The fraction of sp³-hybridized carbons (Fsp3) is 0.100. The van der Waals surface area contributed by atoms with E-state index in [1.165, 1.54) is 17.1 Å². The van der Waals surface area contributed by atoms with Crippen LogP contribution in [0.25, 0.3) is 0 Å². The van der Waals surface area contributed by atoms with Gasteiger partial charge in [0.1, 0.15) is 0 Å². The monoisotopic (exact) mass is 314 g/mol. The maximum Gasteiger partial charge on any atom is 0.253 e. The molecule has 0 radical (unpaired) electrons. The number of aromatic nitrogens is 1. The van der Waals surface area contributed by atoms with Gasteiger partial charge in [-0.1, -0.05) is 0 Å². The molecule has 0 aromatic carbocycles. The van der Waals surface area contributed by atoms with Crippen LogP contribution in [0.3, 0.4) is 0 Å². The van der Waals surface area contributed by atoms with Crippen LogP contribution < -0.4 is 0 Å². The largest absolute Gasteiger partial charge is 0.271 e. The maximum absolute atomic E-state index is 11.3. The molecule has 0 bridgehead atoms. The topological polar surface area (TPSA) is 50.3 Å². The molecule has 76 valence electrons. The molecule has 15 heavy (non-hydrogen) atoms. The Morgan fingerprint density at radius 3 is 2.53 bits per heavy atom. The summed E-state index contributed by atoms with van der Waals surface area (Å²) in [5.74, 6) is -0.514. The molecule has 0 saturated carbocycles. The minimum atomic E-state index is -0.257. The van der Waals surface area contributed by atoms with Crippen molar-refractivity contribution in [2.75, 3.05) is 0 Å². The highest BCUT2D eigenvalue weighted by molar-refractivity contribution is 14.1.